The molecule has 0 aromatic carbocycles. The van der Waals surface area contributed by atoms with Crippen LogP contribution in [-0.4, -0.2) is 24.6 Å². The summed E-state index contributed by atoms with van der Waals surface area (Å²) >= 11 is 2.16. The minimum atomic E-state index is 0.960. The molecule has 0 aromatic rings. The Kier molecular flexibility index (Phi) is 5.08. The van der Waals surface area contributed by atoms with Gasteiger partial charge in [-0.3, -0.25) is 0 Å². The summed E-state index contributed by atoms with van der Waals surface area (Å²) in [5.74, 6) is 2.26. The number of thioether (sulfide) groups is 1. The Bertz CT molecular complexity index is 116. The van der Waals surface area contributed by atoms with Crippen LogP contribution in [0.2, 0.25) is 0 Å². The van der Waals surface area contributed by atoms with Crippen LogP contribution in [0.25, 0.3) is 0 Å². The monoisotopic (exact) mass is 187 g/mol. The van der Waals surface area contributed by atoms with Crippen molar-refractivity contribution in [3.05, 3.63) is 0 Å². The highest BCUT2D eigenvalue weighted by Crippen LogP contribution is 2.31. The van der Waals surface area contributed by atoms with Gasteiger partial charge in [0.2, 0.25) is 0 Å². The highest BCUT2D eigenvalue weighted by molar-refractivity contribution is 7.99. The fourth-order valence-corrected chi connectivity index (χ4v) is 3.31. The van der Waals surface area contributed by atoms with Gasteiger partial charge >= 0.3 is 0 Å². The first kappa shape index (κ1) is 10.4. The van der Waals surface area contributed by atoms with Gasteiger partial charge in [-0.05, 0) is 25.8 Å². The summed E-state index contributed by atoms with van der Waals surface area (Å²) in [6.45, 7) is 3.56. The quantitative estimate of drug-likeness (QED) is 0.679. The molecule has 1 aliphatic rings. The van der Waals surface area contributed by atoms with Crippen molar-refractivity contribution in [1.29, 1.82) is 0 Å². The largest absolute Gasteiger partial charge is 0.319 e. The summed E-state index contributed by atoms with van der Waals surface area (Å²) in [5.41, 5.74) is 0. The van der Waals surface area contributed by atoms with E-state index in [4.69, 9.17) is 0 Å². The lowest BCUT2D eigenvalue weighted by molar-refractivity contribution is 0.394. The summed E-state index contributed by atoms with van der Waals surface area (Å²) < 4.78 is 0. The highest BCUT2D eigenvalue weighted by atomic mass is 32.2. The van der Waals surface area contributed by atoms with Crippen molar-refractivity contribution in [1.82, 2.24) is 5.32 Å². The normalized spacial score (nSPS) is 30.5. The van der Waals surface area contributed by atoms with E-state index in [2.05, 4.69) is 24.0 Å². The first-order valence-electron chi connectivity index (χ1n) is 5.09. The molecule has 0 heterocycles. The van der Waals surface area contributed by atoms with E-state index in [-0.39, 0.29) is 0 Å². The summed E-state index contributed by atoms with van der Waals surface area (Å²) in [6, 6.07) is 0. The van der Waals surface area contributed by atoms with Crippen molar-refractivity contribution >= 4 is 11.8 Å². The molecule has 1 nitrogen and oxygen atoms in total. The molecule has 2 unspecified atom stereocenters. The van der Waals surface area contributed by atoms with Crippen LogP contribution in [0.4, 0.5) is 0 Å². The Hall–Kier alpha value is 0.310. The Morgan fingerprint density at radius 3 is 2.92 bits per heavy atom. The van der Waals surface area contributed by atoms with Gasteiger partial charge in [0.15, 0.2) is 0 Å². The van der Waals surface area contributed by atoms with Crippen molar-refractivity contribution in [2.75, 3.05) is 19.3 Å². The second-order valence-electron chi connectivity index (χ2n) is 3.87. The smallest absolute Gasteiger partial charge is 0.00607 e. The van der Waals surface area contributed by atoms with Crippen LogP contribution in [0.15, 0.2) is 0 Å². The molecule has 0 bridgehead atoms. The van der Waals surface area contributed by atoms with Gasteiger partial charge < -0.3 is 5.32 Å². The van der Waals surface area contributed by atoms with Crippen LogP contribution in [0.1, 0.15) is 32.6 Å². The third-order valence-electron chi connectivity index (χ3n) is 2.59. The van der Waals surface area contributed by atoms with Crippen LogP contribution >= 0.6 is 11.8 Å². The summed E-state index contributed by atoms with van der Waals surface area (Å²) in [6.07, 6.45) is 5.83. The molecule has 1 rings (SSSR count). The number of hydrogen-bond donors (Lipinski definition) is 1. The molecule has 0 aromatic heterocycles. The van der Waals surface area contributed by atoms with Crippen molar-refractivity contribution < 1.29 is 0 Å². The minimum Gasteiger partial charge on any atom is -0.319 e. The van der Waals surface area contributed by atoms with Gasteiger partial charge in [-0.1, -0.05) is 19.8 Å². The van der Waals surface area contributed by atoms with Gasteiger partial charge in [0.05, 0.1) is 0 Å². The zero-order valence-electron chi connectivity index (χ0n) is 8.31. The maximum absolute atomic E-state index is 3.20. The molecule has 1 aliphatic carbocycles. The second kappa shape index (κ2) is 5.87. The van der Waals surface area contributed by atoms with Gasteiger partial charge in [0.1, 0.15) is 0 Å². The fraction of sp³-hybridized carbons (Fsp3) is 1.00. The Morgan fingerprint density at radius 2 is 2.25 bits per heavy atom. The first-order chi connectivity index (χ1) is 5.83. The van der Waals surface area contributed by atoms with Crippen LogP contribution in [0, 0.1) is 5.92 Å². The molecule has 72 valence electrons. The minimum absolute atomic E-state index is 0.960. The van der Waals surface area contributed by atoms with E-state index in [9.17, 15) is 0 Å². The Morgan fingerprint density at radius 1 is 1.42 bits per heavy atom. The molecule has 12 heavy (non-hydrogen) atoms. The predicted octanol–water partition coefficient (Wildman–Crippen LogP) is 2.52. The van der Waals surface area contributed by atoms with E-state index in [1.807, 2.05) is 7.05 Å². The highest BCUT2D eigenvalue weighted by Gasteiger charge is 2.18. The Labute approximate surface area is 80.7 Å². The van der Waals surface area contributed by atoms with Crippen LogP contribution in [-0.2, 0) is 0 Å². The second-order valence-corrected chi connectivity index (χ2v) is 5.28. The summed E-state index contributed by atoms with van der Waals surface area (Å²) in [7, 11) is 2.03. The average Bonchev–Trinajstić information content (AvgIpc) is 2.05. The summed E-state index contributed by atoms with van der Waals surface area (Å²) in [4.78, 5) is 0. The van der Waals surface area contributed by atoms with Gasteiger partial charge in [-0.25, -0.2) is 0 Å². The molecule has 0 amide bonds. The average molecular weight is 187 g/mol. The topological polar surface area (TPSA) is 12.0 Å². The molecular weight excluding hydrogens is 166 g/mol. The van der Waals surface area contributed by atoms with E-state index < -0.39 is 0 Å². The van der Waals surface area contributed by atoms with E-state index in [1.54, 1.807) is 0 Å². The fourth-order valence-electron chi connectivity index (χ4n) is 1.86. The number of hydrogen-bond acceptors (Lipinski definition) is 2. The van der Waals surface area contributed by atoms with Crippen LogP contribution < -0.4 is 5.32 Å². The van der Waals surface area contributed by atoms with Crippen LogP contribution in [0.5, 0.6) is 0 Å². The van der Waals surface area contributed by atoms with Crippen molar-refractivity contribution in [2.24, 2.45) is 5.92 Å². The van der Waals surface area contributed by atoms with Crippen LogP contribution in [0.3, 0.4) is 0 Å². The number of nitrogens with one attached hydrogen (secondary N) is 1. The third kappa shape index (κ3) is 3.81. The standard InChI is InChI=1S/C10H21NS/c1-9-4-3-5-10(8-9)12-7-6-11-2/h9-11H,3-8H2,1-2H3. The van der Waals surface area contributed by atoms with E-state index in [0.717, 1.165) is 17.7 Å². The van der Waals surface area contributed by atoms with E-state index >= 15 is 0 Å². The third-order valence-corrected chi connectivity index (χ3v) is 3.93. The molecule has 0 aliphatic heterocycles. The van der Waals surface area contributed by atoms with Crippen molar-refractivity contribution in [3.8, 4) is 0 Å². The first-order valence-corrected chi connectivity index (χ1v) is 6.14. The lowest BCUT2D eigenvalue weighted by atomic mass is 9.91. The van der Waals surface area contributed by atoms with E-state index in [0.29, 0.717) is 0 Å². The van der Waals surface area contributed by atoms with Gasteiger partial charge in [0, 0.05) is 17.5 Å². The molecule has 0 saturated heterocycles. The van der Waals surface area contributed by atoms with Crippen molar-refractivity contribution in [2.45, 2.75) is 37.9 Å². The zero-order chi connectivity index (χ0) is 8.81. The lowest BCUT2D eigenvalue weighted by Gasteiger charge is -2.26. The predicted molar refractivity (Wildman–Crippen MR) is 57.8 cm³/mol. The molecule has 0 radical (unpaired) electrons. The molecule has 1 N–H and O–H groups in total. The lowest BCUT2D eigenvalue weighted by Crippen LogP contribution is -2.18. The maximum atomic E-state index is 3.20. The SMILES string of the molecule is CNCCSC1CCCC(C)C1. The molecule has 1 fully saturated rings. The molecule has 0 spiro atoms. The molecular formula is C10H21NS. The van der Waals surface area contributed by atoms with Crippen molar-refractivity contribution in [3.63, 3.8) is 0 Å². The van der Waals surface area contributed by atoms with Gasteiger partial charge in [0.25, 0.3) is 0 Å². The van der Waals surface area contributed by atoms with Gasteiger partial charge in [-0.2, -0.15) is 11.8 Å². The number of rotatable bonds is 4. The van der Waals surface area contributed by atoms with E-state index in [1.165, 1.54) is 31.4 Å². The Balaban J connectivity index is 2.06. The zero-order valence-corrected chi connectivity index (χ0v) is 9.12. The maximum Gasteiger partial charge on any atom is 0.00607 e. The molecule has 2 atom stereocenters. The van der Waals surface area contributed by atoms with Gasteiger partial charge in [-0.15, -0.1) is 0 Å². The molecule has 1 saturated carbocycles. The summed E-state index contributed by atoms with van der Waals surface area (Å²) in [5, 5.41) is 4.16. The molecule has 2 heteroatoms.